The van der Waals surface area contributed by atoms with Gasteiger partial charge in [0.1, 0.15) is 30.4 Å². The fourth-order valence-electron chi connectivity index (χ4n) is 7.28. The Morgan fingerprint density at radius 2 is 1.70 bits per heavy atom. The van der Waals surface area contributed by atoms with Crippen molar-refractivity contribution in [2.24, 2.45) is 11.8 Å². The number of likely N-dealkylation sites (tertiary alicyclic amines) is 1. The molecule has 11 heteroatoms. The molecular weight excluding hydrogens is 595 g/mol. The van der Waals surface area contributed by atoms with Gasteiger partial charge in [-0.05, 0) is 94.3 Å². The molecule has 0 aromatic heterocycles. The van der Waals surface area contributed by atoms with Crippen molar-refractivity contribution in [1.29, 1.82) is 0 Å². The van der Waals surface area contributed by atoms with Gasteiger partial charge in [-0.15, -0.1) is 0 Å². The molecule has 2 aromatic carbocycles. The summed E-state index contributed by atoms with van der Waals surface area (Å²) in [6.07, 6.45) is -0.650. The first-order chi connectivity index (χ1) is 21.0. The molecule has 0 spiro atoms. The molecule has 0 radical (unpaired) electrons. The summed E-state index contributed by atoms with van der Waals surface area (Å²) >= 11 is 6.65. The highest BCUT2D eigenvalue weighted by molar-refractivity contribution is 6.31. The van der Waals surface area contributed by atoms with Crippen LogP contribution < -0.4 is 9.64 Å². The number of hydrogen-bond donors (Lipinski definition) is 1. The number of nitrogens with zero attached hydrogens (tertiary/aromatic N) is 3. The molecule has 0 saturated carbocycles. The molecule has 4 fully saturated rings. The summed E-state index contributed by atoms with van der Waals surface area (Å²) in [4.78, 5) is 6.46. The fourth-order valence-corrected chi connectivity index (χ4v) is 7.56. The maximum atomic E-state index is 14.3. The normalized spacial score (nSPS) is 29.8. The molecule has 4 saturated heterocycles. The SMILES string of the molecule is COc1cccc([C@@](O)(C2OC2N2CCCC(CC3CCN(c4ccc(C5OC5N(C)C)c(Cl)c4)CC3)CC2)C(F)(F)F)c1. The summed E-state index contributed by atoms with van der Waals surface area (Å²) in [5, 5.41) is 11.8. The minimum atomic E-state index is -4.89. The lowest BCUT2D eigenvalue weighted by Gasteiger charge is -2.35. The number of rotatable bonds is 9. The first kappa shape index (κ1) is 31.9. The largest absolute Gasteiger partial charge is 0.497 e. The van der Waals surface area contributed by atoms with Gasteiger partial charge in [-0.25, -0.2) is 0 Å². The van der Waals surface area contributed by atoms with Gasteiger partial charge in [-0.3, -0.25) is 9.80 Å². The van der Waals surface area contributed by atoms with Gasteiger partial charge in [0, 0.05) is 42.5 Å². The standard InChI is InChI=1S/C33H43ClF3N3O4/c1-38(2)30-28(43-30)26-10-9-24(20-27(26)34)39-15-11-22(12-16-39)18-21-6-5-14-40(17-13-21)31-29(44-31)32(41,33(35,36)37)23-7-4-8-25(19-23)42-3/h4,7-10,19-22,28-31,41H,5-6,11-18H2,1-3H3/t21?,28?,29?,30?,31?,32-/m1/s1. The van der Waals surface area contributed by atoms with E-state index in [0.717, 1.165) is 67.9 Å². The minimum Gasteiger partial charge on any atom is -0.497 e. The highest BCUT2D eigenvalue weighted by atomic mass is 35.5. The van der Waals surface area contributed by atoms with E-state index < -0.39 is 24.1 Å². The van der Waals surface area contributed by atoms with Crippen LogP contribution in [0.1, 0.15) is 55.8 Å². The molecule has 44 heavy (non-hydrogen) atoms. The zero-order valence-corrected chi connectivity index (χ0v) is 26.4. The number of aliphatic hydroxyl groups is 1. The van der Waals surface area contributed by atoms with Crippen molar-refractivity contribution in [2.75, 3.05) is 52.3 Å². The van der Waals surface area contributed by atoms with Crippen LogP contribution in [0, 0.1) is 11.8 Å². The topological polar surface area (TPSA) is 64.2 Å². The average Bonchev–Trinajstić information content (AvgIpc) is 3.91. The number of methoxy groups -OCH3 is 1. The summed E-state index contributed by atoms with van der Waals surface area (Å²) in [5.74, 6) is 1.42. The van der Waals surface area contributed by atoms with E-state index in [1.807, 2.05) is 19.0 Å². The van der Waals surface area contributed by atoms with Crippen LogP contribution in [-0.2, 0) is 15.1 Å². The second-order valence-corrected chi connectivity index (χ2v) is 13.5. The lowest BCUT2D eigenvalue weighted by Crippen LogP contribution is -2.49. The molecule has 4 aliphatic heterocycles. The highest BCUT2D eigenvalue weighted by Gasteiger charge is 2.69. The number of ether oxygens (including phenoxy) is 3. The maximum Gasteiger partial charge on any atom is 0.424 e. The van der Waals surface area contributed by atoms with Crippen LogP contribution in [0.4, 0.5) is 18.9 Å². The van der Waals surface area contributed by atoms with Crippen LogP contribution in [-0.4, -0.2) is 87.0 Å². The third kappa shape index (κ3) is 6.44. The van der Waals surface area contributed by atoms with Gasteiger partial charge >= 0.3 is 6.18 Å². The van der Waals surface area contributed by atoms with Gasteiger partial charge in [0.05, 0.1) is 7.11 Å². The number of epoxide rings is 2. The Labute approximate surface area is 262 Å². The first-order valence-corrected chi connectivity index (χ1v) is 16.1. The number of hydrogen-bond acceptors (Lipinski definition) is 7. The molecule has 1 N–H and O–H groups in total. The van der Waals surface area contributed by atoms with Gasteiger partial charge < -0.3 is 24.2 Å². The highest BCUT2D eigenvalue weighted by Crippen LogP contribution is 2.51. The Morgan fingerprint density at radius 3 is 2.36 bits per heavy atom. The smallest absolute Gasteiger partial charge is 0.424 e. The zero-order chi connectivity index (χ0) is 31.2. The number of likely N-dealkylation sites (N-methyl/N-ethyl adjacent to an activating group) is 1. The van der Waals surface area contributed by atoms with E-state index in [0.29, 0.717) is 24.9 Å². The second kappa shape index (κ2) is 12.6. The lowest BCUT2D eigenvalue weighted by molar-refractivity contribution is -0.273. The Kier molecular flexibility index (Phi) is 9.14. The Morgan fingerprint density at radius 1 is 0.977 bits per heavy atom. The number of anilines is 1. The molecule has 0 aliphatic carbocycles. The molecule has 242 valence electrons. The molecular formula is C33H43ClF3N3O4. The number of halogens is 4. The first-order valence-electron chi connectivity index (χ1n) is 15.7. The van der Waals surface area contributed by atoms with E-state index >= 15 is 0 Å². The Hall–Kier alpha value is -2.08. The van der Waals surface area contributed by atoms with Crippen molar-refractivity contribution in [2.45, 2.75) is 75.0 Å². The van der Waals surface area contributed by atoms with Gasteiger partial charge in [0.25, 0.3) is 0 Å². The minimum absolute atomic E-state index is 0.0361. The average molecular weight is 638 g/mol. The van der Waals surface area contributed by atoms with Gasteiger partial charge in [0.2, 0.25) is 5.60 Å². The van der Waals surface area contributed by atoms with Crippen LogP contribution in [0.3, 0.4) is 0 Å². The summed E-state index contributed by atoms with van der Waals surface area (Å²) in [5.41, 5.74) is -1.17. The summed E-state index contributed by atoms with van der Waals surface area (Å²) < 4.78 is 59.4. The number of alkyl halides is 3. The predicted octanol–water partition coefficient (Wildman–Crippen LogP) is 6.19. The van der Waals surface area contributed by atoms with E-state index in [2.05, 4.69) is 28.0 Å². The molecule has 4 heterocycles. The van der Waals surface area contributed by atoms with Crippen molar-refractivity contribution in [3.63, 3.8) is 0 Å². The van der Waals surface area contributed by atoms with Gasteiger partial charge in [-0.1, -0.05) is 29.8 Å². The third-order valence-electron chi connectivity index (χ3n) is 9.98. The lowest BCUT2D eigenvalue weighted by atomic mass is 9.84. The summed E-state index contributed by atoms with van der Waals surface area (Å²) in [7, 11) is 5.39. The summed E-state index contributed by atoms with van der Waals surface area (Å²) in [6.45, 7) is 3.30. The molecule has 0 bridgehead atoms. The molecule has 6 rings (SSSR count). The van der Waals surface area contributed by atoms with Crippen LogP contribution in [0.5, 0.6) is 5.75 Å². The number of benzene rings is 2. The monoisotopic (exact) mass is 637 g/mol. The van der Waals surface area contributed by atoms with Crippen LogP contribution >= 0.6 is 11.6 Å². The predicted molar refractivity (Wildman–Crippen MR) is 163 cm³/mol. The van der Waals surface area contributed by atoms with E-state index in [4.69, 9.17) is 25.8 Å². The zero-order valence-electron chi connectivity index (χ0n) is 25.6. The van der Waals surface area contributed by atoms with E-state index in [1.165, 1.54) is 25.3 Å². The maximum absolute atomic E-state index is 14.3. The number of piperidine rings is 1. The van der Waals surface area contributed by atoms with Crippen molar-refractivity contribution < 1.29 is 32.5 Å². The fraction of sp³-hybridized carbons (Fsp3) is 0.636. The molecule has 5 unspecified atom stereocenters. The van der Waals surface area contributed by atoms with Gasteiger partial charge in [0.15, 0.2) is 0 Å². The van der Waals surface area contributed by atoms with Crippen LogP contribution in [0.15, 0.2) is 42.5 Å². The third-order valence-corrected chi connectivity index (χ3v) is 10.3. The van der Waals surface area contributed by atoms with Crippen LogP contribution in [0.2, 0.25) is 5.02 Å². The second-order valence-electron chi connectivity index (χ2n) is 13.1. The molecule has 4 aliphatic rings. The summed E-state index contributed by atoms with van der Waals surface area (Å²) in [6, 6.07) is 11.8. The van der Waals surface area contributed by atoms with Crippen molar-refractivity contribution in [3.8, 4) is 5.75 Å². The van der Waals surface area contributed by atoms with E-state index in [-0.39, 0.29) is 23.6 Å². The Bertz CT molecular complexity index is 1310. The quantitative estimate of drug-likeness (QED) is 0.329. The van der Waals surface area contributed by atoms with Crippen molar-refractivity contribution in [3.05, 3.63) is 58.6 Å². The molecule has 6 atom stereocenters. The van der Waals surface area contributed by atoms with E-state index in [9.17, 15) is 18.3 Å². The molecule has 2 aromatic rings. The van der Waals surface area contributed by atoms with Gasteiger partial charge in [-0.2, -0.15) is 13.2 Å². The Balaban J connectivity index is 0.997. The van der Waals surface area contributed by atoms with Crippen molar-refractivity contribution in [1.82, 2.24) is 9.80 Å². The van der Waals surface area contributed by atoms with Crippen LogP contribution in [0.25, 0.3) is 0 Å². The molecule has 0 amide bonds. The van der Waals surface area contributed by atoms with E-state index in [1.54, 1.807) is 6.07 Å². The molecule has 7 nitrogen and oxygen atoms in total. The van der Waals surface area contributed by atoms with Crippen molar-refractivity contribution >= 4 is 17.3 Å².